The molecule has 1 saturated carbocycles. The predicted octanol–water partition coefficient (Wildman–Crippen LogP) is 1.29. The van der Waals surface area contributed by atoms with Gasteiger partial charge in [-0.3, -0.25) is 19.2 Å². The maximum absolute atomic E-state index is 13.3. The molecule has 1 aliphatic carbocycles. The molecule has 0 radical (unpaired) electrons. The Kier molecular flexibility index (Phi) is 6.22. The maximum Gasteiger partial charge on any atom is 0.314 e. The predicted molar refractivity (Wildman–Crippen MR) is 139 cm³/mol. The molecule has 0 saturated heterocycles. The number of hydrogen-bond acceptors (Lipinski definition) is 8. The summed E-state index contributed by atoms with van der Waals surface area (Å²) in [5.41, 5.74) is 0.813. The molecule has 2 aromatic heterocycles. The number of anilines is 1. The molecule has 11 nitrogen and oxygen atoms in total. The molecule has 1 unspecified atom stereocenters. The van der Waals surface area contributed by atoms with Crippen LogP contribution >= 0.6 is 22.9 Å². The molecule has 1 aliphatic heterocycles. The van der Waals surface area contributed by atoms with Gasteiger partial charge >= 0.3 is 11.8 Å². The first-order valence-corrected chi connectivity index (χ1v) is 12.8. The van der Waals surface area contributed by atoms with E-state index in [1.165, 1.54) is 29.7 Å². The van der Waals surface area contributed by atoms with Crippen molar-refractivity contribution in [2.75, 3.05) is 32.9 Å². The number of nitrogens with zero attached hydrogens (tertiary/aromatic N) is 4. The van der Waals surface area contributed by atoms with Gasteiger partial charge in [0.15, 0.2) is 5.01 Å². The smallest absolute Gasteiger partial charge is 0.314 e. The topological polar surface area (TPSA) is 137 Å². The van der Waals surface area contributed by atoms with Crippen molar-refractivity contribution < 1.29 is 27.4 Å². The van der Waals surface area contributed by atoms with E-state index in [4.69, 9.17) is 19.8 Å². The summed E-state index contributed by atoms with van der Waals surface area (Å²) in [6.07, 6.45) is 1.80. The second kappa shape index (κ2) is 11.5. The number of pyridine rings is 1. The number of hydrogen-bond donors (Lipinski definition) is 3. The van der Waals surface area contributed by atoms with Gasteiger partial charge in [-0.2, -0.15) is 0 Å². The summed E-state index contributed by atoms with van der Waals surface area (Å²) in [5, 5.41) is 8.20. The highest BCUT2D eigenvalue weighted by molar-refractivity contribution is 7.13. The number of aromatic nitrogens is 2. The molecule has 3 atom stereocenters. The van der Waals surface area contributed by atoms with E-state index in [1.54, 1.807) is 0 Å². The summed E-state index contributed by atoms with van der Waals surface area (Å²) in [7, 11) is 1.95. The van der Waals surface area contributed by atoms with Crippen LogP contribution in [0.3, 0.4) is 0 Å². The molecule has 37 heavy (non-hydrogen) atoms. The number of rotatable bonds is 5. The van der Waals surface area contributed by atoms with Gasteiger partial charge in [0, 0.05) is 64.7 Å². The van der Waals surface area contributed by atoms with Crippen molar-refractivity contribution in [3.63, 3.8) is 0 Å². The van der Waals surface area contributed by atoms with Gasteiger partial charge in [-0.25, -0.2) is 9.97 Å². The van der Waals surface area contributed by atoms with Crippen molar-refractivity contribution >= 4 is 52.4 Å². The molecular formula is C24H30ClN7O4S. The molecule has 4 rings (SSSR count). The fraction of sp³-hybridized carbons (Fsp3) is 0.500. The van der Waals surface area contributed by atoms with E-state index < -0.39 is 55.6 Å². The van der Waals surface area contributed by atoms with Crippen LogP contribution in [0.15, 0.2) is 18.3 Å². The third-order valence-corrected chi connectivity index (χ3v) is 7.65. The van der Waals surface area contributed by atoms with Gasteiger partial charge in [-0.05, 0) is 38.4 Å². The van der Waals surface area contributed by atoms with E-state index in [-0.39, 0.29) is 35.0 Å². The molecule has 0 aromatic carbocycles. The van der Waals surface area contributed by atoms with E-state index in [0.29, 0.717) is 18.0 Å². The first-order valence-electron chi connectivity index (χ1n) is 14.6. The second-order valence-corrected chi connectivity index (χ2v) is 10.6. The molecule has 0 spiro atoms. The minimum absolute atomic E-state index is 0.00292. The van der Waals surface area contributed by atoms with Crippen molar-refractivity contribution in [3.8, 4) is 0 Å². The van der Waals surface area contributed by atoms with Gasteiger partial charge in [0.05, 0.1) is 16.8 Å². The first kappa shape index (κ1) is 19.9. The Bertz CT molecular complexity index is 1370. The molecule has 2 aliphatic rings. The number of thiazole rings is 1. The normalized spacial score (nSPS) is 24.5. The van der Waals surface area contributed by atoms with Crippen LogP contribution in [0.4, 0.5) is 5.82 Å². The molecule has 3 heterocycles. The monoisotopic (exact) mass is 553 g/mol. The number of carbonyl (C=O) groups excluding carboxylic acids is 4. The standard InChI is InChI=1S/C24H30ClN7O4S/c1-31(2)24(36)13-4-6-15(27-20(33)21(34)30-19-7-5-14(25)11-26-19)17(10-13)28-22(35)23-29-16-8-9-32(3)12-18(16)37-23/h5,7,11,13,15,17H,4,6,8-10,12H2,1-3H3,(H,27,33)(H,28,35)(H,26,30,34)/t13-,15-,17?/m0/s1/i1D3,2D3. The lowest BCUT2D eigenvalue weighted by Gasteiger charge is -2.37. The summed E-state index contributed by atoms with van der Waals surface area (Å²) < 4.78 is 45.7. The number of likely N-dealkylation sites (N-methyl/N-ethyl adjacent to an activating group) is 1. The van der Waals surface area contributed by atoms with Crippen LogP contribution in [0.1, 0.15) is 47.9 Å². The summed E-state index contributed by atoms with van der Waals surface area (Å²) in [4.78, 5) is 63.2. The minimum Gasteiger partial charge on any atom is -0.349 e. The van der Waals surface area contributed by atoms with Crippen LogP contribution in [-0.4, -0.2) is 83.0 Å². The SMILES string of the molecule is [2H]C([2H])([2H])N(C(=O)[C@H]1CC[C@H](NC(=O)C(=O)Nc2ccc(Cl)cn2)C(NC(=O)c2nc3c(s2)CN(C)CC3)C1)C([2H])([2H])[2H]. The van der Waals surface area contributed by atoms with Gasteiger partial charge in [0.2, 0.25) is 5.91 Å². The zero-order valence-corrected chi connectivity index (χ0v) is 21.5. The second-order valence-electron chi connectivity index (χ2n) is 9.04. The molecule has 0 bridgehead atoms. The van der Waals surface area contributed by atoms with Gasteiger partial charge < -0.3 is 25.8 Å². The molecule has 3 N–H and O–H groups in total. The maximum atomic E-state index is 13.3. The Balaban J connectivity index is 1.53. The third-order valence-electron chi connectivity index (χ3n) is 6.34. The van der Waals surface area contributed by atoms with Crippen molar-refractivity contribution in [2.45, 2.75) is 44.3 Å². The minimum atomic E-state index is -3.23. The number of amides is 4. The lowest BCUT2D eigenvalue weighted by atomic mass is 9.81. The largest absolute Gasteiger partial charge is 0.349 e. The lowest BCUT2D eigenvalue weighted by molar-refractivity contribution is -0.137. The Labute approximate surface area is 232 Å². The van der Waals surface area contributed by atoms with Crippen LogP contribution < -0.4 is 16.0 Å². The van der Waals surface area contributed by atoms with Crippen molar-refractivity contribution in [1.82, 2.24) is 30.4 Å². The number of carbonyl (C=O) groups is 4. The molecule has 2 aromatic rings. The van der Waals surface area contributed by atoms with E-state index in [0.717, 1.165) is 17.1 Å². The Hall–Kier alpha value is -3.09. The van der Waals surface area contributed by atoms with Crippen LogP contribution in [0.25, 0.3) is 0 Å². The molecule has 4 amide bonds. The average molecular weight is 554 g/mol. The Morgan fingerprint density at radius 2 is 1.97 bits per heavy atom. The van der Waals surface area contributed by atoms with Crippen LogP contribution in [-0.2, 0) is 27.3 Å². The van der Waals surface area contributed by atoms with Crippen LogP contribution in [0.2, 0.25) is 5.02 Å². The first-order chi connectivity index (χ1) is 20.0. The quantitative estimate of drug-likeness (QED) is 0.474. The van der Waals surface area contributed by atoms with Crippen LogP contribution in [0.5, 0.6) is 0 Å². The van der Waals surface area contributed by atoms with E-state index in [9.17, 15) is 19.2 Å². The van der Waals surface area contributed by atoms with Gasteiger partial charge in [0.25, 0.3) is 5.91 Å². The summed E-state index contributed by atoms with van der Waals surface area (Å²) in [6, 6.07) is 1.07. The van der Waals surface area contributed by atoms with Gasteiger partial charge in [-0.15, -0.1) is 11.3 Å². The zero-order chi connectivity index (χ0) is 31.7. The van der Waals surface area contributed by atoms with E-state index in [2.05, 4.69) is 30.8 Å². The number of fused-ring (bicyclic) bond motifs is 1. The van der Waals surface area contributed by atoms with Gasteiger partial charge in [0.1, 0.15) is 5.82 Å². The average Bonchev–Trinajstić information content (AvgIpc) is 3.32. The molecule has 13 heteroatoms. The van der Waals surface area contributed by atoms with Crippen LogP contribution in [0, 0.1) is 5.92 Å². The van der Waals surface area contributed by atoms with E-state index in [1.807, 2.05) is 7.05 Å². The molecular weight excluding hydrogens is 518 g/mol. The van der Waals surface area contributed by atoms with Crippen molar-refractivity contribution in [3.05, 3.63) is 38.9 Å². The number of nitrogens with one attached hydrogen (secondary N) is 3. The highest BCUT2D eigenvalue weighted by Gasteiger charge is 2.37. The highest BCUT2D eigenvalue weighted by Crippen LogP contribution is 2.28. The molecule has 1 fully saturated rings. The Morgan fingerprint density at radius 3 is 2.70 bits per heavy atom. The lowest BCUT2D eigenvalue weighted by Crippen LogP contribution is -2.57. The summed E-state index contributed by atoms with van der Waals surface area (Å²) in [5.74, 6) is -4.78. The number of halogens is 1. The van der Waals surface area contributed by atoms with Crippen molar-refractivity contribution in [1.29, 1.82) is 0 Å². The van der Waals surface area contributed by atoms with Gasteiger partial charge in [-0.1, -0.05) is 11.6 Å². The zero-order valence-electron chi connectivity index (χ0n) is 25.9. The van der Waals surface area contributed by atoms with Crippen molar-refractivity contribution in [2.24, 2.45) is 5.92 Å². The molecule has 198 valence electrons. The summed E-state index contributed by atoms with van der Waals surface area (Å²) in [6.45, 7) is -5.04. The third kappa shape index (κ3) is 6.62. The fourth-order valence-corrected chi connectivity index (χ4v) is 5.62. The fourth-order valence-electron chi connectivity index (χ4n) is 4.42. The van der Waals surface area contributed by atoms with E-state index >= 15 is 0 Å². The highest BCUT2D eigenvalue weighted by atomic mass is 35.5. The Morgan fingerprint density at radius 1 is 1.16 bits per heavy atom. The summed E-state index contributed by atoms with van der Waals surface area (Å²) >= 11 is 7.02.